The maximum atomic E-state index is 15.0. The fourth-order valence-electron chi connectivity index (χ4n) is 8.26. The van der Waals surface area contributed by atoms with Gasteiger partial charge in [-0.25, -0.2) is 4.68 Å². The molecule has 1 aromatic heterocycles. The number of hydrogen-bond acceptors (Lipinski definition) is 9. The van der Waals surface area contributed by atoms with Gasteiger partial charge in [-0.3, -0.25) is 19.2 Å². The quantitative estimate of drug-likeness (QED) is 0.158. The molecule has 3 fully saturated rings. The summed E-state index contributed by atoms with van der Waals surface area (Å²) in [6.45, 7) is 11.2. The van der Waals surface area contributed by atoms with E-state index < -0.39 is 59.5 Å². The summed E-state index contributed by atoms with van der Waals surface area (Å²) in [6, 6.07) is 14.1. The molecule has 4 heterocycles. The first-order chi connectivity index (χ1) is 25.1. The van der Waals surface area contributed by atoms with Gasteiger partial charge in [0.05, 0.1) is 42.1 Å². The number of esters is 1. The first kappa shape index (κ1) is 36.9. The normalized spacial score (nSPS) is 24.5. The summed E-state index contributed by atoms with van der Waals surface area (Å²) in [5.41, 5.74) is 0.849. The van der Waals surface area contributed by atoms with E-state index in [1.807, 2.05) is 68.4 Å². The smallest absolute Gasteiger partial charge is 0.306 e. The second kappa shape index (κ2) is 15.8. The van der Waals surface area contributed by atoms with Crippen molar-refractivity contribution in [1.29, 1.82) is 0 Å². The van der Waals surface area contributed by atoms with Gasteiger partial charge in [0.1, 0.15) is 30.4 Å². The lowest BCUT2D eigenvalue weighted by molar-refractivity contribution is -0.152. The van der Waals surface area contributed by atoms with Crippen LogP contribution in [-0.2, 0) is 35.3 Å². The van der Waals surface area contributed by atoms with E-state index in [4.69, 9.17) is 9.47 Å². The average Bonchev–Trinajstić information content (AvgIpc) is 3.90. The highest BCUT2D eigenvalue weighted by Gasteiger charge is 2.75. The molecule has 3 aliphatic heterocycles. The molecule has 1 spiro atoms. The molecule has 13 nitrogen and oxygen atoms in total. The number of nitrogens with zero attached hydrogens (tertiary/aromatic N) is 5. The van der Waals surface area contributed by atoms with Crippen molar-refractivity contribution in [1.82, 2.24) is 30.1 Å². The van der Waals surface area contributed by atoms with Gasteiger partial charge in [0.2, 0.25) is 17.7 Å². The Hall–Kier alpha value is -4.88. The summed E-state index contributed by atoms with van der Waals surface area (Å²) in [4.78, 5) is 59.6. The summed E-state index contributed by atoms with van der Waals surface area (Å²) in [5, 5.41) is 22.3. The number of hydrogen-bond donors (Lipinski definition) is 2. The molecule has 13 heteroatoms. The van der Waals surface area contributed by atoms with Crippen LogP contribution in [0.15, 0.2) is 79.9 Å². The predicted molar refractivity (Wildman–Crippen MR) is 192 cm³/mol. The fourth-order valence-corrected chi connectivity index (χ4v) is 8.26. The zero-order valence-electron chi connectivity index (χ0n) is 29.8. The Morgan fingerprint density at radius 3 is 2.60 bits per heavy atom. The third kappa shape index (κ3) is 6.99. The number of rotatable bonds is 17. The van der Waals surface area contributed by atoms with Crippen LogP contribution in [0.4, 0.5) is 0 Å². The largest absolute Gasteiger partial charge is 0.463 e. The minimum absolute atomic E-state index is 0.0379. The molecule has 0 unspecified atom stereocenters. The maximum Gasteiger partial charge on any atom is 0.306 e. The van der Waals surface area contributed by atoms with Gasteiger partial charge in [-0.1, -0.05) is 73.7 Å². The zero-order valence-corrected chi connectivity index (χ0v) is 29.8. The number of allylic oxidation sites excluding steroid dienone is 1. The van der Waals surface area contributed by atoms with Crippen molar-refractivity contribution >= 4 is 34.7 Å². The Labute approximate surface area is 303 Å². The Balaban J connectivity index is 1.33. The van der Waals surface area contributed by atoms with Crippen LogP contribution in [0.1, 0.15) is 57.6 Å². The molecule has 3 amide bonds. The average molecular weight is 713 g/mol. The van der Waals surface area contributed by atoms with Crippen LogP contribution < -0.4 is 5.32 Å². The lowest BCUT2D eigenvalue weighted by Gasteiger charge is -2.39. The van der Waals surface area contributed by atoms with Crippen LogP contribution in [0.3, 0.4) is 0 Å². The molecule has 3 aromatic rings. The minimum Gasteiger partial charge on any atom is -0.463 e. The molecular formula is C39H48N6O7. The van der Waals surface area contributed by atoms with Gasteiger partial charge in [-0.2, -0.15) is 0 Å². The minimum atomic E-state index is -1.30. The van der Waals surface area contributed by atoms with Gasteiger partial charge >= 0.3 is 5.97 Å². The number of amides is 3. The number of nitrogens with one attached hydrogen (secondary N) is 1. The first-order valence-electron chi connectivity index (χ1n) is 18.0. The van der Waals surface area contributed by atoms with Crippen molar-refractivity contribution in [2.24, 2.45) is 17.8 Å². The standard InChI is InChI=1S/C39H48N6O7/c1-5-7-17-32(47)51-23-29(26-13-9-8-10-14-26)40-36(48)33-31-18-19-39(52-31)34(33)37(49)45(27(22-46)21-25(3)4)35(39)38(50)43(20-6-2)24-44-30-16-12-11-15-28(30)41-42-44/h5-6,8-16,25,27,29,31,33-35,46H,1-2,7,17-24H2,3-4H3,(H,40,48)/t27-,29+,31+,33-,34-,35+,39-/m1/s1. The number of fused-ring (bicyclic) bond motifs is 2. The van der Waals surface area contributed by atoms with E-state index in [9.17, 15) is 24.3 Å². The zero-order chi connectivity index (χ0) is 37.0. The maximum absolute atomic E-state index is 15.0. The van der Waals surface area contributed by atoms with E-state index >= 15 is 0 Å². The molecule has 52 heavy (non-hydrogen) atoms. The van der Waals surface area contributed by atoms with Gasteiger partial charge in [0.15, 0.2) is 0 Å². The molecular weight excluding hydrogens is 664 g/mol. The molecule has 3 saturated heterocycles. The second-order valence-electron chi connectivity index (χ2n) is 14.3. The monoisotopic (exact) mass is 712 g/mol. The number of benzene rings is 2. The molecule has 2 N–H and O–H groups in total. The Bertz CT molecular complexity index is 1800. The summed E-state index contributed by atoms with van der Waals surface area (Å²) in [5.74, 6) is -3.38. The van der Waals surface area contributed by atoms with E-state index in [1.54, 1.807) is 21.7 Å². The van der Waals surface area contributed by atoms with Crippen LogP contribution in [0, 0.1) is 17.8 Å². The lowest BCUT2D eigenvalue weighted by Crippen LogP contribution is -2.59. The highest BCUT2D eigenvalue weighted by Crippen LogP contribution is 2.59. The van der Waals surface area contributed by atoms with Gasteiger partial charge in [0, 0.05) is 13.0 Å². The number of para-hydroxylation sites is 1. The molecule has 0 radical (unpaired) electrons. The number of ether oxygens (including phenoxy) is 2. The van der Waals surface area contributed by atoms with Crippen LogP contribution in [0.25, 0.3) is 11.0 Å². The highest BCUT2D eigenvalue weighted by molar-refractivity contribution is 5.99. The lowest BCUT2D eigenvalue weighted by atomic mass is 9.70. The van der Waals surface area contributed by atoms with E-state index in [1.165, 1.54) is 4.90 Å². The van der Waals surface area contributed by atoms with E-state index in [0.717, 1.165) is 11.1 Å². The van der Waals surface area contributed by atoms with Crippen molar-refractivity contribution in [3.05, 3.63) is 85.5 Å². The third-order valence-electron chi connectivity index (χ3n) is 10.5. The van der Waals surface area contributed by atoms with Gasteiger partial charge in [-0.05, 0) is 49.3 Å². The number of likely N-dealkylation sites (tertiary alicyclic amines) is 1. The number of carbonyl (C=O) groups is 4. The van der Waals surface area contributed by atoms with Crippen LogP contribution >= 0.6 is 0 Å². The van der Waals surface area contributed by atoms with Gasteiger partial charge < -0.3 is 29.7 Å². The van der Waals surface area contributed by atoms with Crippen molar-refractivity contribution in [2.45, 2.75) is 82.5 Å². The van der Waals surface area contributed by atoms with Crippen molar-refractivity contribution < 1.29 is 33.8 Å². The predicted octanol–water partition coefficient (Wildman–Crippen LogP) is 3.55. The Morgan fingerprint density at radius 2 is 1.88 bits per heavy atom. The SMILES string of the molecule is C=CCCC(=O)OC[C@H](NC(=O)[C@@H]1[C@@H]2CC[C@]3(O2)[C@H](C(=O)N(CC=C)Cn2nnc4ccccc42)N([C@@H](CO)CC(C)C)C(=O)[C@@H]13)c1ccccc1. The van der Waals surface area contributed by atoms with Crippen molar-refractivity contribution in [3.63, 3.8) is 0 Å². The molecule has 7 atom stereocenters. The van der Waals surface area contributed by atoms with Gasteiger partial charge in [-0.15, -0.1) is 18.3 Å². The van der Waals surface area contributed by atoms with Crippen LogP contribution in [0.2, 0.25) is 0 Å². The summed E-state index contributed by atoms with van der Waals surface area (Å²) >= 11 is 0. The number of aliphatic hydroxyl groups is 1. The Morgan fingerprint density at radius 1 is 1.13 bits per heavy atom. The molecule has 276 valence electrons. The molecule has 0 aliphatic carbocycles. The van der Waals surface area contributed by atoms with E-state index in [0.29, 0.717) is 31.2 Å². The topological polar surface area (TPSA) is 156 Å². The number of aromatic nitrogens is 3. The molecule has 2 bridgehead atoms. The number of carbonyl (C=O) groups excluding carboxylic acids is 4. The molecule has 3 aliphatic rings. The summed E-state index contributed by atoms with van der Waals surface area (Å²) < 4.78 is 13.9. The van der Waals surface area contributed by atoms with Crippen molar-refractivity contribution in [3.8, 4) is 0 Å². The van der Waals surface area contributed by atoms with Gasteiger partial charge in [0.25, 0.3) is 0 Å². The second-order valence-corrected chi connectivity index (χ2v) is 14.3. The molecule has 2 aromatic carbocycles. The summed E-state index contributed by atoms with van der Waals surface area (Å²) in [7, 11) is 0. The third-order valence-corrected chi connectivity index (χ3v) is 10.5. The van der Waals surface area contributed by atoms with Crippen molar-refractivity contribution in [2.75, 3.05) is 19.8 Å². The van der Waals surface area contributed by atoms with E-state index in [-0.39, 0.29) is 44.7 Å². The van der Waals surface area contributed by atoms with Crippen LogP contribution in [0.5, 0.6) is 0 Å². The molecule has 6 rings (SSSR count). The highest BCUT2D eigenvalue weighted by atomic mass is 16.5. The summed E-state index contributed by atoms with van der Waals surface area (Å²) in [6.07, 6.45) is 4.58. The number of aliphatic hydroxyl groups excluding tert-OH is 1. The van der Waals surface area contributed by atoms with E-state index in [2.05, 4.69) is 28.8 Å². The van der Waals surface area contributed by atoms with Crippen LogP contribution in [-0.4, -0.2) is 97.1 Å². The first-order valence-corrected chi connectivity index (χ1v) is 18.0. The molecule has 0 saturated carbocycles. The fraction of sp³-hybridized carbons (Fsp3) is 0.487. The Kier molecular flexibility index (Phi) is 11.2.